The Kier molecular flexibility index (Phi) is 4.99. The molecule has 2 atom stereocenters. The molecule has 2 nitrogen and oxygen atoms in total. The van der Waals surface area contributed by atoms with Crippen molar-refractivity contribution in [2.24, 2.45) is 5.92 Å². The summed E-state index contributed by atoms with van der Waals surface area (Å²) in [5, 5.41) is 3.42. The summed E-state index contributed by atoms with van der Waals surface area (Å²) in [4.78, 5) is 4.37. The van der Waals surface area contributed by atoms with Gasteiger partial charge in [-0.15, -0.1) is 24.8 Å². The Hall–Kier alpha value is -0.570. The van der Waals surface area contributed by atoms with Gasteiger partial charge in [0, 0.05) is 30.9 Å². The van der Waals surface area contributed by atoms with Crippen molar-refractivity contribution < 1.29 is 0 Å². The van der Waals surface area contributed by atoms with E-state index in [9.17, 15) is 0 Å². The zero-order valence-corrected chi connectivity index (χ0v) is 11.5. The standard InChI is InChI=1S/C13H16N2.2ClH/c1-9-2-3-10(8-15-9)11-4-12-6-14-7-13(12)5-11;;/h2-4,8,11,13-14H,5-7H2,1H3;2*1H. The normalized spacial score (nSPS) is 25.6. The molecule has 0 amide bonds. The fraction of sp³-hybridized carbons (Fsp3) is 0.462. The Morgan fingerprint density at radius 1 is 1.29 bits per heavy atom. The Bertz CT molecular complexity index is 400. The van der Waals surface area contributed by atoms with E-state index in [1.54, 1.807) is 5.57 Å². The highest BCUT2D eigenvalue weighted by molar-refractivity contribution is 5.85. The van der Waals surface area contributed by atoms with Gasteiger partial charge in [0.05, 0.1) is 0 Å². The number of rotatable bonds is 1. The van der Waals surface area contributed by atoms with Gasteiger partial charge in [0.15, 0.2) is 0 Å². The summed E-state index contributed by atoms with van der Waals surface area (Å²) >= 11 is 0. The molecule has 1 aromatic heterocycles. The van der Waals surface area contributed by atoms with Crippen LogP contribution in [0.4, 0.5) is 0 Å². The maximum absolute atomic E-state index is 4.37. The first-order valence-electron chi connectivity index (χ1n) is 5.67. The molecule has 94 valence electrons. The molecule has 1 saturated heterocycles. The molecule has 0 radical (unpaired) electrons. The van der Waals surface area contributed by atoms with Crippen molar-refractivity contribution in [1.82, 2.24) is 10.3 Å². The van der Waals surface area contributed by atoms with Gasteiger partial charge in [-0.1, -0.05) is 17.7 Å². The summed E-state index contributed by atoms with van der Waals surface area (Å²) in [5.41, 5.74) is 4.09. The quantitative estimate of drug-likeness (QED) is 0.796. The third kappa shape index (κ3) is 2.82. The number of nitrogens with zero attached hydrogens (tertiary/aromatic N) is 1. The third-order valence-electron chi connectivity index (χ3n) is 3.56. The second kappa shape index (κ2) is 5.85. The molecule has 0 aromatic carbocycles. The maximum Gasteiger partial charge on any atom is 0.0372 e. The molecule has 2 unspecified atom stereocenters. The van der Waals surface area contributed by atoms with Crippen molar-refractivity contribution in [3.8, 4) is 0 Å². The molecule has 2 heterocycles. The number of aryl methyl sites for hydroxylation is 1. The van der Waals surface area contributed by atoms with Crippen LogP contribution in [0, 0.1) is 12.8 Å². The van der Waals surface area contributed by atoms with Gasteiger partial charge in [-0.25, -0.2) is 0 Å². The number of aromatic nitrogens is 1. The summed E-state index contributed by atoms with van der Waals surface area (Å²) in [5.74, 6) is 1.40. The smallest absolute Gasteiger partial charge is 0.0372 e. The summed E-state index contributed by atoms with van der Waals surface area (Å²) in [7, 11) is 0. The highest BCUT2D eigenvalue weighted by Gasteiger charge is 2.30. The second-order valence-corrected chi connectivity index (χ2v) is 4.64. The monoisotopic (exact) mass is 272 g/mol. The lowest BCUT2D eigenvalue weighted by molar-refractivity contribution is 0.595. The average molecular weight is 273 g/mol. The van der Waals surface area contributed by atoms with Gasteiger partial charge in [-0.2, -0.15) is 0 Å². The lowest BCUT2D eigenvalue weighted by Crippen LogP contribution is -2.10. The predicted molar refractivity (Wildman–Crippen MR) is 75.3 cm³/mol. The summed E-state index contributed by atoms with van der Waals surface area (Å²) < 4.78 is 0. The Balaban J connectivity index is 0.000000722. The molecule has 1 aromatic rings. The molecule has 17 heavy (non-hydrogen) atoms. The zero-order chi connectivity index (χ0) is 10.3. The van der Waals surface area contributed by atoms with Crippen LogP contribution in [0.1, 0.15) is 23.6 Å². The minimum absolute atomic E-state index is 0. The molecular weight excluding hydrogens is 255 g/mol. The van der Waals surface area contributed by atoms with Gasteiger partial charge in [0.1, 0.15) is 0 Å². The van der Waals surface area contributed by atoms with Gasteiger partial charge in [0.2, 0.25) is 0 Å². The van der Waals surface area contributed by atoms with Crippen LogP contribution in [0.2, 0.25) is 0 Å². The van der Waals surface area contributed by atoms with Crippen LogP contribution < -0.4 is 5.32 Å². The Labute approximate surface area is 115 Å². The Morgan fingerprint density at radius 3 is 2.76 bits per heavy atom. The molecule has 0 spiro atoms. The number of pyridine rings is 1. The second-order valence-electron chi connectivity index (χ2n) is 4.64. The number of halogens is 2. The highest BCUT2D eigenvalue weighted by Crippen LogP contribution is 2.38. The van der Waals surface area contributed by atoms with Crippen molar-refractivity contribution in [2.45, 2.75) is 19.3 Å². The molecule has 1 aliphatic heterocycles. The lowest BCUT2D eigenvalue weighted by atomic mass is 9.97. The Morgan fingerprint density at radius 2 is 2.12 bits per heavy atom. The molecule has 1 N–H and O–H groups in total. The average Bonchev–Trinajstić information content (AvgIpc) is 2.78. The van der Waals surface area contributed by atoms with Crippen LogP contribution in [-0.4, -0.2) is 18.1 Å². The van der Waals surface area contributed by atoms with Crippen LogP contribution in [0.5, 0.6) is 0 Å². The van der Waals surface area contributed by atoms with E-state index in [1.165, 1.54) is 18.5 Å². The summed E-state index contributed by atoms with van der Waals surface area (Å²) in [6.07, 6.45) is 5.75. The van der Waals surface area contributed by atoms with Gasteiger partial charge >= 0.3 is 0 Å². The van der Waals surface area contributed by atoms with E-state index in [1.807, 2.05) is 13.1 Å². The van der Waals surface area contributed by atoms with Crippen LogP contribution in [0.15, 0.2) is 30.0 Å². The van der Waals surface area contributed by atoms with Crippen LogP contribution in [0.25, 0.3) is 0 Å². The number of hydrogen-bond acceptors (Lipinski definition) is 2. The molecular formula is C13H18Cl2N2. The molecule has 0 saturated carbocycles. The molecule has 1 fully saturated rings. The topological polar surface area (TPSA) is 24.9 Å². The fourth-order valence-corrected chi connectivity index (χ4v) is 2.66. The minimum atomic E-state index is 0. The van der Waals surface area contributed by atoms with E-state index in [2.05, 4.69) is 28.5 Å². The van der Waals surface area contributed by atoms with E-state index < -0.39 is 0 Å². The summed E-state index contributed by atoms with van der Waals surface area (Å²) in [6, 6.07) is 4.33. The molecule has 0 bridgehead atoms. The van der Waals surface area contributed by atoms with E-state index >= 15 is 0 Å². The largest absolute Gasteiger partial charge is 0.312 e. The van der Waals surface area contributed by atoms with Gasteiger partial charge in [0.25, 0.3) is 0 Å². The fourth-order valence-electron chi connectivity index (χ4n) is 2.66. The first-order valence-corrected chi connectivity index (χ1v) is 5.67. The van der Waals surface area contributed by atoms with E-state index in [0.29, 0.717) is 5.92 Å². The van der Waals surface area contributed by atoms with Crippen molar-refractivity contribution in [1.29, 1.82) is 0 Å². The van der Waals surface area contributed by atoms with Crippen molar-refractivity contribution in [3.63, 3.8) is 0 Å². The van der Waals surface area contributed by atoms with Crippen LogP contribution >= 0.6 is 24.8 Å². The summed E-state index contributed by atoms with van der Waals surface area (Å²) in [6.45, 7) is 4.30. The number of nitrogens with one attached hydrogen (secondary N) is 1. The number of hydrogen-bond donors (Lipinski definition) is 1. The lowest BCUT2D eigenvalue weighted by Gasteiger charge is -2.10. The maximum atomic E-state index is 4.37. The number of allylic oxidation sites excluding steroid dienone is 1. The highest BCUT2D eigenvalue weighted by atomic mass is 35.5. The van der Waals surface area contributed by atoms with Crippen LogP contribution in [-0.2, 0) is 0 Å². The van der Waals surface area contributed by atoms with Gasteiger partial charge in [-0.3, -0.25) is 4.98 Å². The first-order chi connectivity index (χ1) is 7.33. The minimum Gasteiger partial charge on any atom is -0.312 e. The van der Waals surface area contributed by atoms with Gasteiger partial charge < -0.3 is 5.32 Å². The van der Waals surface area contributed by atoms with E-state index in [0.717, 1.165) is 18.2 Å². The van der Waals surface area contributed by atoms with E-state index in [-0.39, 0.29) is 24.8 Å². The number of fused-ring (bicyclic) bond motifs is 1. The van der Waals surface area contributed by atoms with E-state index in [4.69, 9.17) is 0 Å². The van der Waals surface area contributed by atoms with Crippen molar-refractivity contribution in [2.75, 3.05) is 13.1 Å². The molecule has 4 heteroatoms. The molecule has 1 aliphatic carbocycles. The molecule has 3 rings (SSSR count). The first kappa shape index (κ1) is 14.5. The van der Waals surface area contributed by atoms with Crippen LogP contribution in [0.3, 0.4) is 0 Å². The SMILES string of the molecule is Cc1ccc(C2C=C3CNCC3C2)cn1.Cl.Cl. The zero-order valence-electron chi connectivity index (χ0n) is 9.85. The third-order valence-corrected chi connectivity index (χ3v) is 3.56. The predicted octanol–water partition coefficient (Wildman–Crippen LogP) is 2.87. The molecule has 2 aliphatic rings. The van der Waals surface area contributed by atoms with Crippen molar-refractivity contribution >= 4 is 24.8 Å². The van der Waals surface area contributed by atoms with Crippen molar-refractivity contribution in [3.05, 3.63) is 41.2 Å². The van der Waals surface area contributed by atoms with Gasteiger partial charge in [-0.05, 0) is 30.9 Å².